The van der Waals surface area contributed by atoms with E-state index in [1.165, 1.54) is 7.05 Å². The maximum absolute atomic E-state index is 12.1. The van der Waals surface area contributed by atoms with Crippen LogP contribution in [0.1, 0.15) is 6.92 Å². The number of aliphatic carboxylic acids is 1. The summed E-state index contributed by atoms with van der Waals surface area (Å²) in [6.07, 6.45) is 0. The van der Waals surface area contributed by atoms with Crippen molar-refractivity contribution in [1.29, 1.82) is 0 Å². The van der Waals surface area contributed by atoms with Gasteiger partial charge in [0.05, 0.1) is 6.61 Å². The number of nitrogens with zero attached hydrogens (tertiary/aromatic N) is 2. The van der Waals surface area contributed by atoms with E-state index in [4.69, 9.17) is 9.84 Å². The second kappa shape index (κ2) is 6.73. The van der Waals surface area contributed by atoms with E-state index < -0.39 is 29.9 Å². The van der Waals surface area contributed by atoms with Crippen LogP contribution in [0.5, 0.6) is 0 Å². The molecule has 0 bridgehead atoms. The number of carbonyl (C=O) groups excluding carboxylic acids is 3. The number of amides is 3. The first-order valence-corrected chi connectivity index (χ1v) is 6.03. The Morgan fingerprint density at radius 3 is 2.70 bits per heavy atom. The number of nitrogens with one attached hydrogen (secondary N) is 1. The lowest BCUT2D eigenvalue weighted by atomic mass is 10.2. The van der Waals surface area contributed by atoms with Crippen LogP contribution in [0.15, 0.2) is 0 Å². The molecule has 20 heavy (non-hydrogen) atoms. The summed E-state index contributed by atoms with van der Waals surface area (Å²) in [6, 6.07) is -1.86. The van der Waals surface area contributed by atoms with Gasteiger partial charge in [-0.25, -0.2) is 9.59 Å². The SMILES string of the molecule is CCOC(=O)CN(C)C(=O)N1CC(=O)NCC1C(=O)O. The van der Waals surface area contributed by atoms with Gasteiger partial charge in [-0.15, -0.1) is 0 Å². The average Bonchev–Trinajstić information content (AvgIpc) is 2.37. The molecule has 9 nitrogen and oxygen atoms in total. The highest BCUT2D eigenvalue weighted by Crippen LogP contribution is 2.08. The van der Waals surface area contributed by atoms with Crippen molar-refractivity contribution < 1.29 is 29.0 Å². The lowest BCUT2D eigenvalue weighted by Gasteiger charge is -2.35. The van der Waals surface area contributed by atoms with Gasteiger partial charge in [-0.3, -0.25) is 14.5 Å². The molecule has 0 aliphatic carbocycles. The Morgan fingerprint density at radius 1 is 1.50 bits per heavy atom. The Labute approximate surface area is 115 Å². The number of piperazine rings is 1. The molecule has 0 aromatic rings. The zero-order valence-electron chi connectivity index (χ0n) is 11.3. The number of hydrogen-bond donors (Lipinski definition) is 2. The number of rotatable bonds is 4. The normalized spacial score (nSPS) is 18.2. The van der Waals surface area contributed by atoms with Crippen LogP contribution >= 0.6 is 0 Å². The molecule has 1 saturated heterocycles. The van der Waals surface area contributed by atoms with E-state index >= 15 is 0 Å². The van der Waals surface area contributed by atoms with E-state index in [0.29, 0.717) is 0 Å². The van der Waals surface area contributed by atoms with E-state index in [-0.39, 0.29) is 26.2 Å². The molecule has 2 N–H and O–H groups in total. The third kappa shape index (κ3) is 3.84. The molecule has 0 radical (unpaired) electrons. The summed E-state index contributed by atoms with van der Waals surface area (Å²) < 4.78 is 4.70. The Hall–Kier alpha value is -2.32. The number of hydrogen-bond acceptors (Lipinski definition) is 5. The molecule has 1 aliphatic heterocycles. The summed E-state index contributed by atoms with van der Waals surface area (Å²) in [4.78, 5) is 47.7. The van der Waals surface area contributed by atoms with Gasteiger partial charge in [-0.2, -0.15) is 0 Å². The van der Waals surface area contributed by atoms with Crippen molar-refractivity contribution in [2.75, 3.05) is 33.3 Å². The maximum Gasteiger partial charge on any atom is 0.328 e. The third-order valence-electron chi connectivity index (χ3n) is 2.71. The second-order valence-corrected chi connectivity index (χ2v) is 4.23. The molecule has 0 aromatic carbocycles. The largest absolute Gasteiger partial charge is 0.480 e. The molecule has 112 valence electrons. The van der Waals surface area contributed by atoms with Gasteiger partial charge >= 0.3 is 18.0 Å². The Balaban J connectivity index is 2.73. The van der Waals surface area contributed by atoms with Gasteiger partial charge in [0.1, 0.15) is 19.1 Å². The molecule has 1 rings (SSSR count). The second-order valence-electron chi connectivity index (χ2n) is 4.23. The first-order valence-electron chi connectivity index (χ1n) is 6.03. The van der Waals surface area contributed by atoms with E-state index in [1.54, 1.807) is 6.92 Å². The fraction of sp³-hybridized carbons (Fsp3) is 0.636. The van der Waals surface area contributed by atoms with Gasteiger partial charge in [0, 0.05) is 13.6 Å². The minimum absolute atomic E-state index is 0.160. The molecule has 1 unspecified atom stereocenters. The van der Waals surface area contributed by atoms with Crippen LogP contribution in [0.4, 0.5) is 4.79 Å². The van der Waals surface area contributed by atoms with Crippen molar-refractivity contribution in [3.63, 3.8) is 0 Å². The van der Waals surface area contributed by atoms with Gasteiger partial charge in [0.25, 0.3) is 0 Å². The number of carbonyl (C=O) groups is 4. The van der Waals surface area contributed by atoms with Gasteiger partial charge in [0.2, 0.25) is 5.91 Å². The summed E-state index contributed by atoms with van der Waals surface area (Å²) >= 11 is 0. The summed E-state index contributed by atoms with van der Waals surface area (Å²) in [7, 11) is 1.34. The molecular formula is C11H17N3O6. The summed E-state index contributed by atoms with van der Waals surface area (Å²) in [5.41, 5.74) is 0. The zero-order valence-corrected chi connectivity index (χ0v) is 11.3. The van der Waals surface area contributed by atoms with Crippen LogP contribution in [0.3, 0.4) is 0 Å². The summed E-state index contributed by atoms with van der Waals surface area (Å²) in [6.45, 7) is 0.993. The first kappa shape index (κ1) is 15.7. The van der Waals surface area contributed by atoms with Gasteiger partial charge < -0.3 is 20.1 Å². The lowest BCUT2D eigenvalue weighted by Crippen LogP contribution is -2.61. The van der Waals surface area contributed by atoms with Crippen molar-refractivity contribution in [1.82, 2.24) is 15.1 Å². The van der Waals surface area contributed by atoms with E-state index in [1.807, 2.05) is 0 Å². The molecule has 1 atom stereocenters. The number of esters is 1. The molecule has 1 heterocycles. The highest BCUT2D eigenvalue weighted by molar-refractivity contribution is 5.91. The predicted molar refractivity (Wildman–Crippen MR) is 65.8 cm³/mol. The van der Waals surface area contributed by atoms with E-state index in [9.17, 15) is 19.2 Å². The average molecular weight is 287 g/mol. The van der Waals surface area contributed by atoms with Crippen molar-refractivity contribution in [2.45, 2.75) is 13.0 Å². The quantitative estimate of drug-likeness (QED) is 0.607. The fourth-order valence-corrected chi connectivity index (χ4v) is 1.75. The molecule has 0 aromatic heterocycles. The van der Waals surface area contributed by atoms with Gasteiger partial charge in [-0.1, -0.05) is 0 Å². The van der Waals surface area contributed by atoms with Crippen molar-refractivity contribution in [2.24, 2.45) is 0 Å². The standard InChI is InChI=1S/C11H17N3O6/c1-3-20-9(16)6-13(2)11(19)14-5-8(15)12-4-7(14)10(17)18/h7H,3-6H2,1-2H3,(H,12,15)(H,17,18). The molecule has 0 spiro atoms. The summed E-state index contributed by atoms with van der Waals surface area (Å²) in [5, 5.41) is 11.4. The van der Waals surface area contributed by atoms with Crippen LogP contribution in [0.25, 0.3) is 0 Å². The number of carboxylic acids is 1. The molecule has 9 heteroatoms. The topological polar surface area (TPSA) is 116 Å². The number of ether oxygens (including phenoxy) is 1. The van der Waals surface area contributed by atoms with Gasteiger partial charge in [0.15, 0.2) is 0 Å². The van der Waals surface area contributed by atoms with Crippen LogP contribution in [-0.4, -0.2) is 78.1 Å². The number of urea groups is 1. The molecule has 1 fully saturated rings. The zero-order chi connectivity index (χ0) is 15.3. The van der Waals surface area contributed by atoms with Crippen LogP contribution in [0.2, 0.25) is 0 Å². The fourth-order valence-electron chi connectivity index (χ4n) is 1.75. The van der Waals surface area contributed by atoms with E-state index in [0.717, 1.165) is 9.80 Å². The highest BCUT2D eigenvalue weighted by atomic mass is 16.5. The smallest absolute Gasteiger partial charge is 0.328 e. The number of likely N-dealkylation sites (N-methyl/N-ethyl adjacent to an activating group) is 1. The molecule has 1 aliphatic rings. The minimum Gasteiger partial charge on any atom is -0.480 e. The Bertz CT molecular complexity index is 424. The van der Waals surface area contributed by atoms with Crippen LogP contribution in [-0.2, 0) is 19.1 Å². The Kier molecular flexibility index (Phi) is 5.30. The number of carboxylic acid groups (broad SMARTS) is 1. The third-order valence-corrected chi connectivity index (χ3v) is 2.71. The van der Waals surface area contributed by atoms with Gasteiger partial charge in [-0.05, 0) is 6.92 Å². The van der Waals surface area contributed by atoms with Crippen LogP contribution < -0.4 is 5.32 Å². The van der Waals surface area contributed by atoms with Crippen LogP contribution in [0, 0.1) is 0 Å². The monoisotopic (exact) mass is 287 g/mol. The summed E-state index contributed by atoms with van der Waals surface area (Å²) in [5.74, 6) is -2.26. The van der Waals surface area contributed by atoms with Crippen molar-refractivity contribution in [3.8, 4) is 0 Å². The maximum atomic E-state index is 12.1. The Morgan fingerprint density at radius 2 is 2.15 bits per heavy atom. The van der Waals surface area contributed by atoms with Crippen molar-refractivity contribution in [3.05, 3.63) is 0 Å². The lowest BCUT2D eigenvalue weighted by molar-refractivity contribution is -0.144. The molecule has 0 saturated carbocycles. The molecular weight excluding hydrogens is 270 g/mol. The van der Waals surface area contributed by atoms with E-state index in [2.05, 4.69) is 5.32 Å². The highest BCUT2D eigenvalue weighted by Gasteiger charge is 2.36. The minimum atomic E-state index is -1.22. The molecule has 3 amide bonds. The van der Waals surface area contributed by atoms with Crippen molar-refractivity contribution >= 4 is 23.9 Å². The predicted octanol–water partition coefficient (Wildman–Crippen LogP) is -1.51. The first-order chi connectivity index (χ1) is 9.36.